The van der Waals surface area contributed by atoms with Gasteiger partial charge in [0.05, 0.1) is 4.92 Å². The molecule has 8 heteroatoms. The molecular formula is C12H15N3O5. The number of amides is 2. The number of non-ortho nitro benzene ring substituents is 1. The number of nitro groups is 1. The lowest BCUT2D eigenvalue weighted by atomic mass is 10.2. The number of carbonyl (C=O) groups is 2. The first-order valence-electron chi connectivity index (χ1n) is 5.92. The topological polar surface area (TPSA) is 122 Å². The molecule has 0 aliphatic rings. The second kappa shape index (κ2) is 7.07. The van der Waals surface area contributed by atoms with Crippen molar-refractivity contribution in [3.8, 4) is 0 Å². The normalized spacial score (nSPS) is 9.85. The molecule has 0 saturated carbocycles. The van der Waals surface area contributed by atoms with Gasteiger partial charge < -0.3 is 15.7 Å². The van der Waals surface area contributed by atoms with E-state index in [-0.39, 0.29) is 18.7 Å². The molecule has 0 unspecified atom stereocenters. The second-order valence-electron chi connectivity index (χ2n) is 4.13. The molecule has 108 valence electrons. The lowest BCUT2D eigenvalue weighted by Crippen LogP contribution is -2.30. The Bertz CT molecular complexity index is 530. The summed E-state index contributed by atoms with van der Waals surface area (Å²) in [4.78, 5) is 31.9. The lowest BCUT2D eigenvalue weighted by molar-refractivity contribution is -0.384. The van der Waals surface area contributed by atoms with Gasteiger partial charge in [0, 0.05) is 30.8 Å². The van der Waals surface area contributed by atoms with Crippen LogP contribution in [0.3, 0.4) is 0 Å². The first-order valence-corrected chi connectivity index (χ1v) is 5.92. The first-order chi connectivity index (χ1) is 9.40. The third kappa shape index (κ3) is 4.92. The fourth-order valence-corrected chi connectivity index (χ4v) is 1.51. The average molecular weight is 281 g/mol. The highest BCUT2D eigenvalue weighted by Gasteiger charge is 2.09. The fourth-order valence-electron chi connectivity index (χ4n) is 1.51. The quantitative estimate of drug-likeness (QED) is 0.417. The van der Waals surface area contributed by atoms with Crippen molar-refractivity contribution < 1.29 is 19.6 Å². The van der Waals surface area contributed by atoms with E-state index in [0.29, 0.717) is 17.7 Å². The molecule has 1 aromatic rings. The molecule has 0 spiro atoms. The molecule has 0 heterocycles. The fraction of sp³-hybridized carbons (Fsp3) is 0.333. The van der Waals surface area contributed by atoms with Crippen LogP contribution < -0.4 is 10.6 Å². The van der Waals surface area contributed by atoms with Gasteiger partial charge in [0.15, 0.2) is 0 Å². The number of anilines is 1. The Balaban J connectivity index is 2.50. The molecule has 8 nitrogen and oxygen atoms in total. The molecule has 0 atom stereocenters. The zero-order valence-electron chi connectivity index (χ0n) is 10.9. The number of urea groups is 1. The van der Waals surface area contributed by atoms with Crippen molar-refractivity contribution >= 4 is 23.4 Å². The molecule has 3 N–H and O–H groups in total. The third-order valence-electron chi connectivity index (χ3n) is 2.52. The van der Waals surface area contributed by atoms with Gasteiger partial charge in [-0.2, -0.15) is 0 Å². The van der Waals surface area contributed by atoms with Crippen LogP contribution in [0.25, 0.3) is 0 Å². The zero-order valence-corrected chi connectivity index (χ0v) is 10.9. The molecule has 1 rings (SSSR count). The Morgan fingerprint density at radius 1 is 1.40 bits per heavy atom. The summed E-state index contributed by atoms with van der Waals surface area (Å²) in [6.07, 6.45) is 0.318. The minimum atomic E-state index is -0.918. The number of hydrogen-bond donors (Lipinski definition) is 3. The maximum absolute atomic E-state index is 11.5. The Morgan fingerprint density at radius 3 is 2.65 bits per heavy atom. The minimum absolute atomic E-state index is 0.0170. The number of rotatable bonds is 6. The van der Waals surface area contributed by atoms with Crippen molar-refractivity contribution in [2.75, 3.05) is 11.9 Å². The van der Waals surface area contributed by atoms with Gasteiger partial charge in [-0.1, -0.05) is 0 Å². The summed E-state index contributed by atoms with van der Waals surface area (Å²) in [6.45, 7) is 1.89. The molecule has 0 bridgehead atoms. The number of carboxylic acids is 1. The first kappa shape index (κ1) is 15.4. The van der Waals surface area contributed by atoms with Gasteiger partial charge in [-0.05, 0) is 25.0 Å². The van der Waals surface area contributed by atoms with Crippen molar-refractivity contribution in [1.29, 1.82) is 0 Å². The molecule has 0 fully saturated rings. The van der Waals surface area contributed by atoms with Gasteiger partial charge in [0.25, 0.3) is 5.69 Å². The average Bonchev–Trinajstić information content (AvgIpc) is 2.36. The molecule has 20 heavy (non-hydrogen) atoms. The number of aryl methyl sites for hydroxylation is 1. The van der Waals surface area contributed by atoms with Gasteiger partial charge in [0.2, 0.25) is 0 Å². The van der Waals surface area contributed by atoms with Crippen LogP contribution in [0.1, 0.15) is 18.4 Å². The summed E-state index contributed by atoms with van der Waals surface area (Å²) in [5, 5.41) is 24.1. The molecule has 0 radical (unpaired) electrons. The van der Waals surface area contributed by atoms with E-state index in [2.05, 4.69) is 10.6 Å². The van der Waals surface area contributed by atoms with Crippen molar-refractivity contribution in [1.82, 2.24) is 5.32 Å². The second-order valence-corrected chi connectivity index (χ2v) is 4.13. The third-order valence-corrected chi connectivity index (χ3v) is 2.52. The van der Waals surface area contributed by atoms with Gasteiger partial charge >= 0.3 is 12.0 Å². The molecule has 0 aromatic heterocycles. The number of carbonyl (C=O) groups excluding carboxylic acids is 1. The molecule has 0 saturated heterocycles. The van der Waals surface area contributed by atoms with Gasteiger partial charge in [-0.3, -0.25) is 14.9 Å². The molecule has 2 amide bonds. The monoisotopic (exact) mass is 281 g/mol. The van der Waals surface area contributed by atoms with E-state index in [1.165, 1.54) is 18.2 Å². The maximum atomic E-state index is 11.5. The number of hydrogen-bond acceptors (Lipinski definition) is 4. The molecule has 1 aromatic carbocycles. The van der Waals surface area contributed by atoms with E-state index in [4.69, 9.17) is 5.11 Å². The van der Waals surface area contributed by atoms with Crippen LogP contribution in [0, 0.1) is 17.0 Å². The SMILES string of the molecule is Cc1cc([N+](=O)[O-])ccc1NC(=O)NCCCC(=O)O. The summed E-state index contributed by atoms with van der Waals surface area (Å²) in [7, 11) is 0. The molecule has 0 aliphatic carbocycles. The van der Waals surface area contributed by atoms with Crippen LogP contribution in [-0.4, -0.2) is 28.6 Å². The van der Waals surface area contributed by atoms with Crippen LogP contribution in [-0.2, 0) is 4.79 Å². The van der Waals surface area contributed by atoms with Crippen LogP contribution in [0.4, 0.5) is 16.2 Å². The van der Waals surface area contributed by atoms with Crippen molar-refractivity contribution in [2.24, 2.45) is 0 Å². The van der Waals surface area contributed by atoms with E-state index in [1.54, 1.807) is 6.92 Å². The van der Waals surface area contributed by atoms with Crippen LogP contribution in [0.15, 0.2) is 18.2 Å². The standard InChI is InChI=1S/C12H15N3O5/c1-8-7-9(15(19)20)4-5-10(8)14-12(18)13-6-2-3-11(16)17/h4-5,7H,2-3,6H2,1H3,(H,16,17)(H2,13,14,18). The van der Waals surface area contributed by atoms with E-state index >= 15 is 0 Å². The van der Waals surface area contributed by atoms with Gasteiger partial charge in [-0.15, -0.1) is 0 Å². The minimum Gasteiger partial charge on any atom is -0.481 e. The highest BCUT2D eigenvalue weighted by atomic mass is 16.6. The Hall–Kier alpha value is -2.64. The number of nitrogens with one attached hydrogen (secondary N) is 2. The number of aliphatic carboxylic acids is 1. The van der Waals surface area contributed by atoms with Crippen LogP contribution >= 0.6 is 0 Å². The summed E-state index contributed by atoms with van der Waals surface area (Å²) in [5.41, 5.74) is 0.987. The summed E-state index contributed by atoms with van der Waals surface area (Å²) >= 11 is 0. The highest BCUT2D eigenvalue weighted by molar-refractivity contribution is 5.90. The smallest absolute Gasteiger partial charge is 0.319 e. The van der Waals surface area contributed by atoms with E-state index in [9.17, 15) is 19.7 Å². The van der Waals surface area contributed by atoms with Crippen molar-refractivity contribution in [2.45, 2.75) is 19.8 Å². The Morgan fingerprint density at radius 2 is 2.10 bits per heavy atom. The van der Waals surface area contributed by atoms with E-state index in [0.717, 1.165) is 0 Å². The predicted molar refractivity (Wildman–Crippen MR) is 71.7 cm³/mol. The van der Waals surface area contributed by atoms with Crippen molar-refractivity contribution in [3.05, 3.63) is 33.9 Å². The van der Waals surface area contributed by atoms with Gasteiger partial charge in [-0.25, -0.2) is 4.79 Å². The Kier molecular flexibility index (Phi) is 5.45. The predicted octanol–water partition coefficient (Wildman–Crippen LogP) is 1.89. The van der Waals surface area contributed by atoms with E-state index in [1.807, 2.05) is 0 Å². The number of benzene rings is 1. The zero-order chi connectivity index (χ0) is 15.1. The summed E-state index contributed by atoms with van der Waals surface area (Å²) in [5.74, 6) is -0.918. The highest BCUT2D eigenvalue weighted by Crippen LogP contribution is 2.20. The van der Waals surface area contributed by atoms with Crippen molar-refractivity contribution in [3.63, 3.8) is 0 Å². The number of carboxylic acid groups (broad SMARTS) is 1. The largest absolute Gasteiger partial charge is 0.481 e. The Labute approximate surface area is 114 Å². The van der Waals surface area contributed by atoms with Crippen LogP contribution in [0.2, 0.25) is 0 Å². The number of nitro benzene ring substituents is 1. The number of nitrogens with zero attached hydrogens (tertiary/aromatic N) is 1. The summed E-state index contributed by atoms with van der Waals surface area (Å²) in [6, 6.07) is 3.63. The molecular weight excluding hydrogens is 266 g/mol. The maximum Gasteiger partial charge on any atom is 0.319 e. The molecule has 0 aliphatic heterocycles. The summed E-state index contributed by atoms with van der Waals surface area (Å²) < 4.78 is 0. The lowest BCUT2D eigenvalue weighted by Gasteiger charge is -2.09. The van der Waals surface area contributed by atoms with Crippen LogP contribution in [0.5, 0.6) is 0 Å². The van der Waals surface area contributed by atoms with E-state index < -0.39 is 16.9 Å². The van der Waals surface area contributed by atoms with Gasteiger partial charge in [0.1, 0.15) is 0 Å².